The van der Waals surface area contributed by atoms with Crippen molar-refractivity contribution in [3.05, 3.63) is 75.3 Å². The Balaban J connectivity index is 1.96. The highest BCUT2D eigenvalue weighted by Gasteiger charge is 2.10. The Hall–Kier alpha value is -3.28. The molecule has 0 unspecified atom stereocenters. The predicted molar refractivity (Wildman–Crippen MR) is 109 cm³/mol. The summed E-state index contributed by atoms with van der Waals surface area (Å²) in [4.78, 5) is 12.1. The molecule has 6 heteroatoms. The molecular formula is C21H24N4O2. The molecule has 0 aliphatic rings. The third kappa shape index (κ3) is 3.79. The fourth-order valence-corrected chi connectivity index (χ4v) is 3.14. The van der Waals surface area contributed by atoms with Gasteiger partial charge in [-0.3, -0.25) is 4.79 Å². The van der Waals surface area contributed by atoms with Crippen LogP contribution >= 0.6 is 0 Å². The number of anilines is 1. The first-order valence-electron chi connectivity index (χ1n) is 8.86. The number of pyridine rings is 1. The first-order chi connectivity index (χ1) is 12.9. The van der Waals surface area contributed by atoms with Crippen LogP contribution in [0.3, 0.4) is 0 Å². The zero-order valence-electron chi connectivity index (χ0n) is 16.1. The highest BCUT2D eigenvalue weighted by Crippen LogP contribution is 2.22. The van der Waals surface area contributed by atoms with E-state index < -0.39 is 0 Å². The maximum absolute atomic E-state index is 12.1. The summed E-state index contributed by atoms with van der Waals surface area (Å²) >= 11 is 0. The number of aromatic nitrogens is 2. The highest BCUT2D eigenvalue weighted by atomic mass is 16.5. The molecule has 27 heavy (non-hydrogen) atoms. The smallest absolute Gasteiger partial charge is 0.273 e. The summed E-state index contributed by atoms with van der Waals surface area (Å²) in [5.41, 5.74) is 10.6. The van der Waals surface area contributed by atoms with Crippen LogP contribution in [-0.2, 0) is 0 Å². The molecule has 3 rings (SSSR count). The van der Waals surface area contributed by atoms with Gasteiger partial charge in [-0.15, -0.1) is 0 Å². The number of nitrogens with zero attached hydrogens (tertiary/aromatic N) is 3. The molecule has 0 bridgehead atoms. The zero-order chi connectivity index (χ0) is 19.6. The molecule has 2 N–H and O–H groups in total. The van der Waals surface area contributed by atoms with Gasteiger partial charge in [-0.25, -0.2) is 0 Å². The lowest BCUT2D eigenvalue weighted by molar-refractivity contribution is 0.340. The molecule has 0 aliphatic carbocycles. The van der Waals surface area contributed by atoms with Crippen molar-refractivity contribution < 1.29 is 4.74 Å². The molecule has 0 saturated carbocycles. The average molecular weight is 364 g/mol. The van der Waals surface area contributed by atoms with Crippen LogP contribution in [0.1, 0.15) is 29.4 Å². The number of ether oxygens (including phenoxy) is 1. The third-order valence-corrected chi connectivity index (χ3v) is 4.37. The minimum absolute atomic E-state index is 0.246. The van der Waals surface area contributed by atoms with Gasteiger partial charge in [0.2, 0.25) is 0 Å². The lowest BCUT2D eigenvalue weighted by atomic mass is 10.2. The number of hydrogen-bond acceptors (Lipinski definition) is 4. The van der Waals surface area contributed by atoms with Gasteiger partial charge in [-0.2, -0.15) is 9.78 Å². The molecule has 0 fully saturated rings. The Bertz CT molecular complexity index is 1040. The maximum atomic E-state index is 12.1. The van der Waals surface area contributed by atoms with Crippen LogP contribution in [0, 0.1) is 20.8 Å². The summed E-state index contributed by atoms with van der Waals surface area (Å²) in [6.07, 6.45) is 1.67. The normalized spacial score (nSPS) is 11.3. The summed E-state index contributed by atoms with van der Waals surface area (Å²) in [5, 5.41) is 4.28. The van der Waals surface area contributed by atoms with Crippen molar-refractivity contribution in [2.45, 2.75) is 27.7 Å². The van der Waals surface area contributed by atoms with Gasteiger partial charge in [0.15, 0.2) is 0 Å². The van der Waals surface area contributed by atoms with Crippen molar-refractivity contribution in [3.63, 3.8) is 0 Å². The van der Waals surface area contributed by atoms with E-state index >= 15 is 0 Å². The Kier molecular flexibility index (Phi) is 5.16. The van der Waals surface area contributed by atoms with Crippen molar-refractivity contribution in [3.8, 4) is 11.4 Å². The molecule has 2 heterocycles. The number of benzene rings is 1. The standard InChI is InChI=1S/C21H24N4O2/c1-5-27-19-8-6-18(7-9-19)24-15(3)12-17(16(24)4)13-23-25-20(22)10-14(2)11-21(25)26/h6-13H,5,22H2,1-4H3/b23-13-. The van der Waals surface area contributed by atoms with Crippen LogP contribution in [-0.4, -0.2) is 22.1 Å². The van der Waals surface area contributed by atoms with Crippen molar-refractivity contribution in [2.75, 3.05) is 12.3 Å². The van der Waals surface area contributed by atoms with Crippen molar-refractivity contribution in [1.82, 2.24) is 9.24 Å². The van der Waals surface area contributed by atoms with E-state index in [1.165, 1.54) is 10.7 Å². The van der Waals surface area contributed by atoms with Gasteiger partial charge in [0.1, 0.15) is 11.6 Å². The van der Waals surface area contributed by atoms with E-state index in [1.807, 2.05) is 58.0 Å². The topological polar surface area (TPSA) is 74.5 Å². The van der Waals surface area contributed by atoms with Crippen LogP contribution in [0.15, 0.2) is 52.4 Å². The quantitative estimate of drug-likeness (QED) is 0.705. The van der Waals surface area contributed by atoms with E-state index in [4.69, 9.17) is 10.5 Å². The Morgan fingerprint density at radius 1 is 1.11 bits per heavy atom. The minimum atomic E-state index is -0.246. The van der Waals surface area contributed by atoms with Gasteiger partial charge in [0.05, 0.1) is 12.8 Å². The second kappa shape index (κ2) is 7.53. The molecule has 0 amide bonds. The first-order valence-corrected chi connectivity index (χ1v) is 8.86. The lowest BCUT2D eigenvalue weighted by Gasteiger charge is -2.11. The van der Waals surface area contributed by atoms with E-state index in [2.05, 4.69) is 9.67 Å². The van der Waals surface area contributed by atoms with Gasteiger partial charge in [-0.05, 0) is 69.7 Å². The molecule has 0 saturated heterocycles. The predicted octanol–water partition coefficient (Wildman–Crippen LogP) is 3.43. The van der Waals surface area contributed by atoms with Crippen LogP contribution in [0.4, 0.5) is 5.82 Å². The largest absolute Gasteiger partial charge is 0.494 e. The van der Waals surface area contributed by atoms with Crippen molar-refractivity contribution in [2.24, 2.45) is 5.10 Å². The zero-order valence-corrected chi connectivity index (χ0v) is 16.1. The summed E-state index contributed by atoms with van der Waals surface area (Å²) in [6, 6.07) is 13.2. The fraction of sp³-hybridized carbons (Fsp3) is 0.238. The second-order valence-corrected chi connectivity index (χ2v) is 6.44. The molecule has 0 spiro atoms. The highest BCUT2D eigenvalue weighted by molar-refractivity contribution is 5.82. The average Bonchev–Trinajstić information content (AvgIpc) is 2.89. The molecule has 140 valence electrons. The van der Waals surface area contributed by atoms with Crippen LogP contribution in [0.2, 0.25) is 0 Å². The van der Waals surface area contributed by atoms with Crippen LogP contribution in [0.5, 0.6) is 5.75 Å². The number of hydrogen-bond donors (Lipinski definition) is 1. The second-order valence-electron chi connectivity index (χ2n) is 6.44. The summed E-state index contributed by atoms with van der Waals surface area (Å²) in [7, 11) is 0. The van der Waals surface area contributed by atoms with Crippen molar-refractivity contribution >= 4 is 12.0 Å². The van der Waals surface area contributed by atoms with E-state index in [0.717, 1.165) is 34.0 Å². The van der Waals surface area contributed by atoms with E-state index in [0.29, 0.717) is 12.4 Å². The van der Waals surface area contributed by atoms with E-state index in [-0.39, 0.29) is 5.56 Å². The Morgan fingerprint density at radius 2 is 1.81 bits per heavy atom. The van der Waals surface area contributed by atoms with Gasteiger partial charge >= 0.3 is 0 Å². The number of nitrogens with two attached hydrogens (primary N) is 1. The summed E-state index contributed by atoms with van der Waals surface area (Å²) < 4.78 is 8.85. The van der Waals surface area contributed by atoms with Gasteiger partial charge in [0, 0.05) is 28.7 Å². The Morgan fingerprint density at radius 3 is 2.44 bits per heavy atom. The molecule has 0 atom stereocenters. The first kappa shape index (κ1) is 18.5. The lowest BCUT2D eigenvalue weighted by Crippen LogP contribution is -2.19. The van der Waals surface area contributed by atoms with Gasteiger partial charge in [0.25, 0.3) is 5.56 Å². The van der Waals surface area contributed by atoms with Gasteiger partial charge in [-0.1, -0.05) is 0 Å². The molecule has 0 aliphatic heterocycles. The minimum Gasteiger partial charge on any atom is -0.494 e. The maximum Gasteiger partial charge on any atom is 0.273 e. The number of nitrogen functional groups attached to an aromatic ring is 1. The molecule has 3 aromatic rings. The molecule has 2 aromatic heterocycles. The van der Waals surface area contributed by atoms with E-state index in [1.54, 1.807) is 12.3 Å². The molecule has 6 nitrogen and oxygen atoms in total. The molecular weight excluding hydrogens is 340 g/mol. The summed E-state index contributed by atoms with van der Waals surface area (Å²) in [6.45, 7) is 8.49. The Labute approximate surface area is 158 Å². The van der Waals surface area contributed by atoms with Gasteiger partial charge < -0.3 is 15.0 Å². The van der Waals surface area contributed by atoms with Crippen molar-refractivity contribution in [1.29, 1.82) is 0 Å². The number of rotatable bonds is 5. The monoisotopic (exact) mass is 364 g/mol. The number of aryl methyl sites for hydroxylation is 2. The molecule has 0 radical (unpaired) electrons. The summed E-state index contributed by atoms with van der Waals surface area (Å²) in [5.74, 6) is 1.16. The van der Waals surface area contributed by atoms with Crippen LogP contribution < -0.4 is 16.0 Å². The fourth-order valence-electron chi connectivity index (χ4n) is 3.14. The molecule has 1 aromatic carbocycles. The SMILES string of the molecule is CCOc1ccc(-n2c(C)cc(/C=N\n3c(N)cc(C)cc3=O)c2C)cc1. The van der Waals surface area contributed by atoms with Crippen LogP contribution in [0.25, 0.3) is 5.69 Å². The van der Waals surface area contributed by atoms with E-state index in [9.17, 15) is 4.79 Å². The third-order valence-electron chi connectivity index (χ3n) is 4.37.